The molecular weight excluding hydrogens is 481 g/mol. The molecule has 2 amide bonds. The van der Waals surface area contributed by atoms with Crippen LogP contribution in [0.25, 0.3) is 22.3 Å². The minimum Gasteiger partial charge on any atom is -0.494 e. The first kappa shape index (κ1) is 24.8. The van der Waals surface area contributed by atoms with Gasteiger partial charge in [-0.25, -0.2) is 19.2 Å². The van der Waals surface area contributed by atoms with Crippen molar-refractivity contribution in [3.05, 3.63) is 35.5 Å². The maximum absolute atomic E-state index is 14.6. The van der Waals surface area contributed by atoms with Crippen LogP contribution in [0.1, 0.15) is 54.6 Å². The van der Waals surface area contributed by atoms with Gasteiger partial charge in [-0.3, -0.25) is 4.79 Å². The van der Waals surface area contributed by atoms with E-state index in [0.717, 1.165) is 12.8 Å². The second-order valence-corrected chi connectivity index (χ2v) is 9.78. The number of rotatable bonds is 8. The normalized spacial score (nSPS) is 19.4. The summed E-state index contributed by atoms with van der Waals surface area (Å²) >= 11 is 0. The largest absolute Gasteiger partial charge is 0.494 e. The van der Waals surface area contributed by atoms with Crippen LogP contribution in [-0.4, -0.2) is 57.9 Å². The summed E-state index contributed by atoms with van der Waals surface area (Å²) in [5, 5.41) is 14.5. The molecule has 0 radical (unpaired) electrons. The van der Waals surface area contributed by atoms with Crippen molar-refractivity contribution in [1.29, 1.82) is 0 Å². The maximum Gasteiger partial charge on any atom is 0.404 e. The molecule has 196 valence electrons. The summed E-state index contributed by atoms with van der Waals surface area (Å²) in [5.74, 6) is 0.106. The molecule has 10 nitrogen and oxygen atoms in total. The number of methoxy groups -OCH3 is 1. The minimum absolute atomic E-state index is 0.0613. The van der Waals surface area contributed by atoms with Crippen molar-refractivity contribution in [2.24, 2.45) is 5.92 Å². The van der Waals surface area contributed by atoms with E-state index in [4.69, 9.17) is 14.6 Å². The first-order valence-electron chi connectivity index (χ1n) is 12.5. The minimum atomic E-state index is -1.03. The van der Waals surface area contributed by atoms with Crippen LogP contribution in [0.15, 0.2) is 18.5 Å². The highest BCUT2D eigenvalue weighted by Gasteiger charge is 2.28. The van der Waals surface area contributed by atoms with E-state index in [0.29, 0.717) is 77.5 Å². The first-order valence-corrected chi connectivity index (χ1v) is 12.5. The van der Waals surface area contributed by atoms with Gasteiger partial charge in [0.25, 0.3) is 5.91 Å². The third-order valence-electron chi connectivity index (χ3n) is 7.07. The number of amides is 2. The average molecular weight is 512 g/mol. The Hall–Kier alpha value is -3.89. The Balaban J connectivity index is 1.43. The van der Waals surface area contributed by atoms with Crippen molar-refractivity contribution in [2.45, 2.75) is 57.5 Å². The van der Waals surface area contributed by atoms with Gasteiger partial charge < -0.3 is 30.2 Å². The fraction of sp³-hybridized carbons (Fsp3) is 0.462. The number of fused-ring (bicyclic) bond motifs is 1. The molecule has 37 heavy (non-hydrogen) atoms. The monoisotopic (exact) mass is 511 g/mol. The average Bonchev–Trinajstić information content (AvgIpc) is 3.63. The first-order chi connectivity index (χ1) is 17.8. The van der Waals surface area contributed by atoms with Gasteiger partial charge in [-0.15, -0.1) is 0 Å². The fourth-order valence-electron chi connectivity index (χ4n) is 4.91. The SMILES string of the molecule is COc1cc(-c2ncnc3c(C(=O)N[C@H]4CC[C@H](NC(=O)O)CC4)c(C)[nH]c23)c(OCC2CC2)cc1F. The highest BCUT2D eigenvalue weighted by atomic mass is 19.1. The van der Waals surface area contributed by atoms with Crippen molar-refractivity contribution in [3.63, 3.8) is 0 Å². The van der Waals surface area contributed by atoms with Crippen molar-refractivity contribution >= 4 is 23.0 Å². The Morgan fingerprint density at radius 1 is 1.08 bits per heavy atom. The van der Waals surface area contributed by atoms with Crippen molar-refractivity contribution in [2.75, 3.05) is 13.7 Å². The predicted molar refractivity (Wildman–Crippen MR) is 133 cm³/mol. The Morgan fingerprint density at radius 3 is 2.43 bits per heavy atom. The summed E-state index contributed by atoms with van der Waals surface area (Å²) in [7, 11) is 1.40. The topological polar surface area (TPSA) is 138 Å². The van der Waals surface area contributed by atoms with Crippen LogP contribution in [0.3, 0.4) is 0 Å². The van der Waals surface area contributed by atoms with Crippen LogP contribution in [0.5, 0.6) is 11.5 Å². The van der Waals surface area contributed by atoms with Gasteiger partial charge in [0.15, 0.2) is 11.6 Å². The zero-order chi connectivity index (χ0) is 26.1. The maximum atomic E-state index is 14.6. The lowest BCUT2D eigenvalue weighted by molar-refractivity contribution is 0.0924. The summed E-state index contributed by atoms with van der Waals surface area (Å²) in [4.78, 5) is 36.3. The van der Waals surface area contributed by atoms with Gasteiger partial charge >= 0.3 is 6.09 Å². The van der Waals surface area contributed by atoms with E-state index in [1.165, 1.54) is 19.5 Å². The Morgan fingerprint density at radius 2 is 1.78 bits per heavy atom. The van der Waals surface area contributed by atoms with Gasteiger partial charge in [0.2, 0.25) is 0 Å². The Labute approximate surface area is 213 Å². The number of ether oxygens (including phenoxy) is 2. The number of nitrogens with one attached hydrogen (secondary N) is 3. The highest BCUT2D eigenvalue weighted by molar-refractivity contribution is 6.09. The third kappa shape index (κ3) is 5.30. The number of aryl methyl sites for hydroxylation is 1. The molecule has 2 aliphatic rings. The predicted octanol–water partition coefficient (Wildman–Crippen LogP) is 4.18. The van der Waals surface area contributed by atoms with Crippen LogP contribution in [0.2, 0.25) is 0 Å². The van der Waals surface area contributed by atoms with E-state index in [1.54, 1.807) is 13.0 Å². The molecule has 5 rings (SSSR count). The molecule has 0 atom stereocenters. The molecule has 0 aliphatic heterocycles. The van der Waals surface area contributed by atoms with Crippen LogP contribution < -0.4 is 20.1 Å². The van der Waals surface area contributed by atoms with E-state index in [2.05, 4.69) is 25.6 Å². The van der Waals surface area contributed by atoms with Crippen molar-refractivity contribution < 1.29 is 28.6 Å². The molecular formula is C26H30FN5O5. The molecule has 1 aromatic carbocycles. The van der Waals surface area contributed by atoms with Crippen molar-refractivity contribution in [3.8, 4) is 22.8 Å². The van der Waals surface area contributed by atoms with E-state index in [-0.39, 0.29) is 23.7 Å². The summed E-state index contributed by atoms with van der Waals surface area (Å²) in [6.45, 7) is 2.29. The highest BCUT2D eigenvalue weighted by Crippen LogP contribution is 2.39. The standard InChI is InChI=1S/C26H30FN5O5/c1-13-21(25(33)31-15-5-7-16(8-6-15)32-26(34)35)23-24(30-13)22(28-12-29-23)17-9-20(36-2)18(27)10-19(17)37-11-14-3-4-14/h9-10,12,14-16,30,32H,3-8,11H2,1-2H3,(H,31,33)(H,34,35)/t15-,16-. The number of carbonyl (C=O) groups is 2. The number of H-pyrrole nitrogens is 1. The number of hydrogen-bond donors (Lipinski definition) is 4. The zero-order valence-electron chi connectivity index (χ0n) is 20.8. The van der Waals surface area contributed by atoms with Gasteiger partial charge in [0, 0.05) is 29.4 Å². The van der Waals surface area contributed by atoms with Crippen LogP contribution in [0.4, 0.5) is 9.18 Å². The van der Waals surface area contributed by atoms with Crippen LogP contribution in [-0.2, 0) is 0 Å². The number of benzene rings is 1. The van der Waals surface area contributed by atoms with E-state index >= 15 is 0 Å². The summed E-state index contributed by atoms with van der Waals surface area (Å²) in [5.41, 5.74) is 3.08. The number of aromatic nitrogens is 3. The Bertz CT molecular complexity index is 1330. The van der Waals surface area contributed by atoms with Gasteiger partial charge in [-0.2, -0.15) is 0 Å². The quantitative estimate of drug-likeness (QED) is 0.356. The molecule has 0 saturated heterocycles. The number of hydrogen-bond acceptors (Lipinski definition) is 6. The lowest BCUT2D eigenvalue weighted by Crippen LogP contribution is -2.43. The molecule has 4 N–H and O–H groups in total. The molecule has 3 aromatic rings. The molecule has 11 heteroatoms. The number of carbonyl (C=O) groups excluding carboxylic acids is 1. The number of nitrogens with zero attached hydrogens (tertiary/aromatic N) is 2. The molecule has 0 bridgehead atoms. The molecule has 0 unspecified atom stereocenters. The summed E-state index contributed by atoms with van der Waals surface area (Å²) in [6, 6.07) is 2.70. The van der Waals surface area contributed by atoms with Gasteiger partial charge in [-0.1, -0.05) is 0 Å². The van der Waals surface area contributed by atoms with Crippen LogP contribution in [0, 0.1) is 18.7 Å². The lowest BCUT2D eigenvalue weighted by atomic mass is 9.91. The van der Waals surface area contributed by atoms with Gasteiger partial charge in [0.05, 0.1) is 24.8 Å². The third-order valence-corrected chi connectivity index (χ3v) is 7.07. The molecule has 2 aliphatic carbocycles. The number of halogens is 1. The second-order valence-electron chi connectivity index (χ2n) is 9.78. The molecule has 2 aromatic heterocycles. The Kier molecular flexibility index (Phi) is 6.86. The van der Waals surface area contributed by atoms with Crippen molar-refractivity contribution in [1.82, 2.24) is 25.6 Å². The summed E-state index contributed by atoms with van der Waals surface area (Å²) in [6.07, 6.45) is 5.21. The number of aromatic amines is 1. The van der Waals surface area contributed by atoms with E-state index in [9.17, 15) is 14.0 Å². The van der Waals surface area contributed by atoms with E-state index in [1.807, 2.05) is 0 Å². The zero-order valence-corrected chi connectivity index (χ0v) is 20.8. The fourth-order valence-corrected chi connectivity index (χ4v) is 4.91. The van der Waals surface area contributed by atoms with Gasteiger partial charge in [-0.05, 0) is 57.4 Å². The summed E-state index contributed by atoms with van der Waals surface area (Å²) < 4.78 is 25.7. The number of carboxylic acid groups (broad SMARTS) is 1. The molecule has 2 heterocycles. The smallest absolute Gasteiger partial charge is 0.404 e. The van der Waals surface area contributed by atoms with Gasteiger partial charge in [0.1, 0.15) is 23.3 Å². The van der Waals surface area contributed by atoms with Crippen LogP contribution >= 0.6 is 0 Å². The second kappa shape index (κ2) is 10.2. The molecule has 2 saturated carbocycles. The lowest BCUT2D eigenvalue weighted by Gasteiger charge is -2.28. The molecule has 2 fully saturated rings. The van der Waals surface area contributed by atoms with E-state index < -0.39 is 11.9 Å². The molecule has 0 spiro atoms.